The van der Waals surface area contributed by atoms with Crippen molar-refractivity contribution in [3.8, 4) is 0 Å². The van der Waals surface area contributed by atoms with Crippen molar-refractivity contribution in [1.82, 2.24) is 20.7 Å². The molecule has 2 aliphatic heterocycles. The van der Waals surface area contributed by atoms with Gasteiger partial charge >= 0.3 is 5.97 Å². The number of piperidine rings is 1. The van der Waals surface area contributed by atoms with Crippen LogP contribution in [0, 0.1) is 0 Å². The molecule has 0 radical (unpaired) electrons. The number of nitrogens with zero attached hydrogens (tertiary/aromatic N) is 2. The van der Waals surface area contributed by atoms with Gasteiger partial charge in [0.15, 0.2) is 0 Å². The number of hydrogen-bond donors (Lipinski definition) is 3. The van der Waals surface area contributed by atoms with E-state index >= 15 is 0 Å². The number of carbonyl (C=O) groups excluding carboxylic acids is 2. The molecule has 9 heteroatoms. The molecule has 9 nitrogen and oxygen atoms in total. The standard InChI is InChI=1S/C25H36N4O5/c30-23(28-32)8-7-20-6-5-19(17-26-20)18-29-13-9-21(10-14-29)27-25(11-15-33-16-12-25)24(31)34-22-3-1-2-4-22/h5-8,17,21-22,27,32H,1-4,9-16,18H2,(H,28,30)/b8-7+. The van der Waals surface area contributed by atoms with Gasteiger partial charge in [-0.15, -0.1) is 0 Å². The van der Waals surface area contributed by atoms with E-state index in [1.165, 1.54) is 6.08 Å². The van der Waals surface area contributed by atoms with Crippen molar-refractivity contribution < 1.29 is 24.3 Å². The summed E-state index contributed by atoms with van der Waals surface area (Å²) in [5, 5.41) is 12.3. The molecule has 2 saturated heterocycles. The summed E-state index contributed by atoms with van der Waals surface area (Å²) in [6.45, 7) is 3.88. The number of pyridine rings is 1. The summed E-state index contributed by atoms with van der Waals surface area (Å²) < 4.78 is 11.5. The Morgan fingerprint density at radius 2 is 1.91 bits per heavy atom. The minimum atomic E-state index is -0.617. The highest BCUT2D eigenvalue weighted by molar-refractivity contribution is 5.90. The topological polar surface area (TPSA) is 113 Å². The number of hydroxylamine groups is 1. The Balaban J connectivity index is 1.27. The third-order valence-corrected chi connectivity index (χ3v) is 7.15. The molecule has 0 unspecified atom stereocenters. The molecule has 4 rings (SSSR count). The molecular weight excluding hydrogens is 436 g/mol. The summed E-state index contributed by atoms with van der Waals surface area (Å²) in [5.74, 6) is -0.668. The van der Waals surface area contributed by atoms with Crippen molar-refractivity contribution in [2.45, 2.75) is 75.6 Å². The molecule has 3 N–H and O–H groups in total. The van der Waals surface area contributed by atoms with Crippen LogP contribution in [0.4, 0.5) is 0 Å². The van der Waals surface area contributed by atoms with Crippen molar-refractivity contribution in [1.29, 1.82) is 0 Å². The minimum Gasteiger partial charge on any atom is -0.461 e. The molecule has 1 amide bonds. The Morgan fingerprint density at radius 3 is 2.56 bits per heavy atom. The molecule has 1 saturated carbocycles. The van der Waals surface area contributed by atoms with Crippen molar-refractivity contribution in [2.75, 3.05) is 26.3 Å². The highest BCUT2D eigenvalue weighted by Crippen LogP contribution is 2.29. The summed E-state index contributed by atoms with van der Waals surface area (Å²) in [7, 11) is 0. The maximum Gasteiger partial charge on any atom is 0.326 e. The molecule has 0 spiro atoms. The Bertz CT molecular complexity index is 839. The zero-order chi connectivity index (χ0) is 23.8. The van der Waals surface area contributed by atoms with E-state index in [-0.39, 0.29) is 18.1 Å². The second-order valence-electron chi connectivity index (χ2n) is 9.60. The summed E-state index contributed by atoms with van der Waals surface area (Å²) >= 11 is 0. The van der Waals surface area contributed by atoms with Crippen LogP contribution >= 0.6 is 0 Å². The Hall–Kier alpha value is -2.33. The monoisotopic (exact) mass is 472 g/mol. The number of ether oxygens (including phenoxy) is 2. The predicted octanol–water partition coefficient (Wildman–Crippen LogP) is 2.19. The fourth-order valence-corrected chi connectivity index (χ4v) is 5.11. The van der Waals surface area contributed by atoms with E-state index < -0.39 is 11.4 Å². The van der Waals surface area contributed by atoms with Crippen molar-refractivity contribution in [3.63, 3.8) is 0 Å². The first kappa shape index (κ1) is 24.8. The zero-order valence-corrected chi connectivity index (χ0v) is 19.7. The molecule has 34 heavy (non-hydrogen) atoms. The number of rotatable bonds is 8. The average Bonchev–Trinajstić information content (AvgIpc) is 3.38. The highest BCUT2D eigenvalue weighted by Gasteiger charge is 2.44. The van der Waals surface area contributed by atoms with Gasteiger partial charge in [-0.1, -0.05) is 6.07 Å². The van der Waals surface area contributed by atoms with Crippen LogP contribution in [0.1, 0.15) is 62.6 Å². The molecule has 186 valence electrons. The Morgan fingerprint density at radius 1 is 1.18 bits per heavy atom. The van der Waals surface area contributed by atoms with Crippen LogP contribution in [0.5, 0.6) is 0 Å². The molecule has 3 aliphatic rings. The lowest BCUT2D eigenvalue weighted by Gasteiger charge is -2.42. The molecule has 1 aromatic rings. The van der Waals surface area contributed by atoms with Gasteiger partial charge in [-0.05, 0) is 82.2 Å². The molecule has 1 aliphatic carbocycles. The van der Waals surface area contributed by atoms with Gasteiger partial charge in [0.05, 0.1) is 5.69 Å². The van der Waals surface area contributed by atoms with Crippen LogP contribution < -0.4 is 10.8 Å². The lowest BCUT2D eigenvalue weighted by atomic mass is 9.87. The third kappa shape index (κ3) is 6.63. The lowest BCUT2D eigenvalue weighted by Crippen LogP contribution is -2.61. The van der Waals surface area contributed by atoms with E-state index in [0.29, 0.717) is 31.7 Å². The molecule has 0 bridgehead atoms. The smallest absolute Gasteiger partial charge is 0.326 e. The quantitative estimate of drug-likeness (QED) is 0.228. The van der Waals surface area contributed by atoms with Crippen LogP contribution in [-0.4, -0.2) is 71.0 Å². The van der Waals surface area contributed by atoms with Gasteiger partial charge in [0, 0.05) is 38.1 Å². The predicted molar refractivity (Wildman–Crippen MR) is 126 cm³/mol. The molecule has 0 atom stereocenters. The van der Waals surface area contributed by atoms with Crippen molar-refractivity contribution >= 4 is 18.0 Å². The molecule has 3 fully saturated rings. The van der Waals surface area contributed by atoms with Crippen LogP contribution in [0.3, 0.4) is 0 Å². The van der Waals surface area contributed by atoms with Crippen LogP contribution in [0.2, 0.25) is 0 Å². The minimum absolute atomic E-state index is 0.0817. The highest BCUT2D eigenvalue weighted by atomic mass is 16.5. The van der Waals surface area contributed by atoms with Gasteiger partial charge in [-0.2, -0.15) is 0 Å². The fourth-order valence-electron chi connectivity index (χ4n) is 5.11. The number of hydrogen-bond acceptors (Lipinski definition) is 8. The van der Waals surface area contributed by atoms with E-state index in [9.17, 15) is 9.59 Å². The van der Waals surface area contributed by atoms with E-state index in [2.05, 4.69) is 15.2 Å². The molecular formula is C25H36N4O5. The number of nitrogens with one attached hydrogen (secondary N) is 2. The lowest BCUT2D eigenvalue weighted by molar-refractivity contribution is -0.162. The van der Waals surface area contributed by atoms with Crippen LogP contribution in [0.15, 0.2) is 24.4 Å². The first-order chi connectivity index (χ1) is 16.6. The normalized spacial score (nSPS) is 22.1. The first-order valence-electron chi connectivity index (χ1n) is 12.4. The second-order valence-corrected chi connectivity index (χ2v) is 9.60. The van der Waals surface area contributed by atoms with E-state index in [0.717, 1.165) is 63.7 Å². The number of aromatic nitrogens is 1. The van der Waals surface area contributed by atoms with E-state index in [1.54, 1.807) is 11.6 Å². The van der Waals surface area contributed by atoms with E-state index in [1.807, 2.05) is 18.3 Å². The second kappa shape index (κ2) is 11.9. The zero-order valence-electron chi connectivity index (χ0n) is 19.7. The molecule has 3 heterocycles. The third-order valence-electron chi connectivity index (χ3n) is 7.15. The summed E-state index contributed by atoms with van der Waals surface area (Å²) in [4.78, 5) is 31.0. The van der Waals surface area contributed by atoms with E-state index in [4.69, 9.17) is 14.7 Å². The molecule has 0 aromatic carbocycles. The number of carbonyl (C=O) groups is 2. The average molecular weight is 473 g/mol. The molecule has 1 aromatic heterocycles. The van der Waals surface area contributed by atoms with Gasteiger partial charge in [0.1, 0.15) is 11.6 Å². The summed E-state index contributed by atoms with van der Waals surface area (Å²) in [6, 6.07) is 4.15. The fraction of sp³-hybridized carbons (Fsp3) is 0.640. The van der Waals surface area contributed by atoms with Gasteiger partial charge in [-0.3, -0.25) is 30.0 Å². The van der Waals surface area contributed by atoms with Crippen molar-refractivity contribution in [2.24, 2.45) is 0 Å². The number of amides is 1. The van der Waals surface area contributed by atoms with Gasteiger partial charge in [0.2, 0.25) is 0 Å². The number of esters is 1. The first-order valence-corrected chi connectivity index (χ1v) is 12.4. The largest absolute Gasteiger partial charge is 0.461 e. The van der Waals surface area contributed by atoms with Gasteiger partial charge in [0.25, 0.3) is 5.91 Å². The van der Waals surface area contributed by atoms with Gasteiger partial charge < -0.3 is 9.47 Å². The Labute approximate surface area is 200 Å². The SMILES string of the molecule is O=C(/C=C/c1ccc(CN2CCC(NC3(C(=O)OC4CCCC4)CCOCC3)CC2)cn1)NO. The number of likely N-dealkylation sites (tertiary alicyclic amines) is 1. The van der Waals surface area contributed by atoms with Crippen molar-refractivity contribution in [3.05, 3.63) is 35.7 Å². The maximum absolute atomic E-state index is 13.2. The summed E-state index contributed by atoms with van der Waals surface area (Å²) in [5.41, 5.74) is 2.70. The van der Waals surface area contributed by atoms with Gasteiger partial charge in [-0.25, -0.2) is 5.48 Å². The van der Waals surface area contributed by atoms with Crippen LogP contribution in [-0.2, 0) is 25.6 Å². The summed E-state index contributed by atoms with van der Waals surface area (Å²) in [6.07, 6.45) is 12.2. The Kier molecular flexibility index (Phi) is 8.66. The van der Waals surface area contributed by atoms with Crippen LogP contribution in [0.25, 0.3) is 6.08 Å². The maximum atomic E-state index is 13.2.